The van der Waals surface area contributed by atoms with Crippen LogP contribution in [0.3, 0.4) is 0 Å². The number of phenolic OH excluding ortho intramolecular Hbond substituents is 1. The lowest BCUT2D eigenvalue weighted by Gasteiger charge is -2.26. The number of anilines is 1. The monoisotopic (exact) mass is 367 g/mol. The van der Waals surface area contributed by atoms with E-state index < -0.39 is 17.5 Å². The minimum absolute atomic E-state index is 0.111. The Kier molecular flexibility index (Phi) is 5.04. The molecule has 5 nitrogen and oxygen atoms in total. The maximum atomic E-state index is 12.8. The number of aliphatic hydroxyl groups excluding tert-OH is 1. The number of aromatic nitrogens is 2. The van der Waals surface area contributed by atoms with Crippen LogP contribution in [0.1, 0.15) is 36.8 Å². The van der Waals surface area contributed by atoms with E-state index in [0.717, 1.165) is 25.3 Å². The highest BCUT2D eigenvalue weighted by molar-refractivity contribution is 5.71. The average molecular weight is 367 g/mol. The second-order valence-electron chi connectivity index (χ2n) is 6.65. The summed E-state index contributed by atoms with van der Waals surface area (Å²) in [6, 6.07) is 5.05. The molecular weight excluding hydrogens is 347 g/mol. The Morgan fingerprint density at radius 2 is 1.92 bits per heavy atom. The predicted octanol–water partition coefficient (Wildman–Crippen LogP) is 3.89. The van der Waals surface area contributed by atoms with Crippen molar-refractivity contribution in [3.63, 3.8) is 0 Å². The number of aliphatic hydroxyl groups is 1. The first-order chi connectivity index (χ1) is 12.2. The van der Waals surface area contributed by atoms with E-state index in [2.05, 4.69) is 15.5 Å². The van der Waals surface area contributed by atoms with Gasteiger partial charge in [-0.1, -0.05) is 0 Å². The van der Waals surface area contributed by atoms with Crippen LogP contribution in [0.15, 0.2) is 24.3 Å². The van der Waals surface area contributed by atoms with E-state index >= 15 is 0 Å². The van der Waals surface area contributed by atoms with Crippen molar-refractivity contribution < 1.29 is 23.4 Å². The number of aryl methyl sites for hydroxylation is 1. The van der Waals surface area contributed by atoms with Crippen molar-refractivity contribution in [2.24, 2.45) is 0 Å². The number of aromatic hydroxyl groups is 1. The van der Waals surface area contributed by atoms with Gasteiger partial charge in [-0.15, -0.1) is 10.2 Å². The molecule has 0 saturated heterocycles. The standard InChI is InChI=1S/C18H20F3N3O2/c1-10-7-11(18(19,20)21)8-15(26)17(10)14-5-6-16(24-23-14)22-12-3-2-4-13(25)9-12/h5-8,12-13,25-26H,2-4,9H2,1H3,(H,22,24)/t12-,13-/m1/s1. The summed E-state index contributed by atoms with van der Waals surface area (Å²) < 4.78 is 38.5. The van der Waals surface area contributed by atoms with E-state index in [9.17, 15) is 23.4 Å². The second-order valence-corrected chi connectivity index (χ2v) is 6.65. The van der Waals surface area contributed by atoms with Crippen LogP contribution >= 0.6 is 0 Å². The van der Waals surface area contributed by atoms with E-state index in [1.807, 2.05) is 0 Å². The van der Waals surface area contributed by atoms with Gasteiger partial charge in [-0.2, -0.15) is 13.2 Å². The minimum atomic E-state index is -4.52. The number of benzene rings is 1. The van der Waals surface area contributed by atoms with Crippen LogP contribution in [0.25, 0.3) is 11.3 Å². The van der Waals surface area contributed by atoms with Gasteiger partial charge >= 0.3 is 6.18 Å². The fourth-order valence-corrected chi connectivity index (χ4v) is 3.31. The van der Waals surface area contributed by atoms with Gasteiger partial charge in [0.25, 0.3) is 0 Å². The molecule has 1 aromatic carbocycles. The number of halogens is 3. The Hall–Kier alpha value is -2.35. The topological polar surface area (TPSA) is 78.3 Å². The Morgan fingerprint density at radius 1 is 1.15 bits per heavy atom. The molecular formula is C18H20F3N3O2. The maximum Gasteiger partial charge on any atom is 0.416 e. The van der Waals surface area contributed by atoms with Gasteiger partial charge in [0.2, 0.25) is 0 Å². The summed E-state index contributed by atoms with van der Waals surface area (Å²) in [5, 5.41) is 31.0. The van der Waals surface area contributed by atoms with E-state index in [1.165, 1.54) is 6.92 Å². The van der Waals surface area contributed by atoms with Gasteiger partial charge in [-0.25, -0.2) is 0 Å². The lowest BCUT2D eigenvalue weighted by atomic mass is 9.93. The zero-order chi connectivity index (χ0) is 18.9. The summed E-state index contributed by atoms with van der Waals surface area (Å²) in [4.78, 5) is 0. The highest BCUT2D eigenvalue weighted by Gasteiger charge is 2.32. The van der Waals surface area contributed by atoms with Gasteiger partial charge in [0, 0.05) is 11.6 Å². The Balaban J connectivity index is 1.80. The third-order valence-corrected chi connectivity index (χ3v) is 4.56. The number of nitrogens with zero attached hydrogens (tertiary/aromatic N) is 2. The summed E-state index contributed by atoms with van der Waals surface area (Å²) in [6.45, 7) is 1.49. The van der Waals surface area contributed by atoms with Crippen LogP contribution < -0.4 is 5.32 Å². The molecule has 0 unspecified atom stereocenters. The molecule has 3 rings (SSSR count). The SMILES string of the molecule is Cc1cc(C(F)(F)F)cc(O)c1-c1ccc(N[C@@H]2CCC[C@@H](O)C2)nn1. The van der Waals surface area contributed by atoms with Crippen molar-refractivity contribution in [2.45, 2.75) is 50.9 Å². The zero-order valence-electron chi connectivity index (χ0n) is 14.2. The molecule has 0 bridgehead atoms. The van der Waals surface area contributed by atoms with Crippen LogP contribution in [0.4, 0.5) is 19.0 Å². The zero-order valence-corrected chi connectivity index (χ0v) is 14.2. The number of phenols is 1. The van der Waals surface area contributed by atoms with Crippen molar-refractivity contribution in [1.82, 2.24) is 10.2 Å². The third kappa shape index (κ3) is 4.07. The van der Waals surface area contributed by atoms with Gasteiger partial charge in [0.1, 0.15) is 11.6 Å². The van der Waals surface area contributed by atoms with Crippen molar-refractivity contribution in [2.75, 3.05) is 5.32 Å². The largest absolute Gasteiger partial charge is 0.507 e. The second kappa shape index (κ2) is 7.11. The molecule has 2 aromatic rings. The fraction of sp³-hybridized carbons (Fsp3) is 0.444. The lowest BCUT2D eigenvalue weighted by Crippen LogP contribution is -2.30. The summed E-state index contributed by atoms with van der Waals surface area (Å²) in [5.74, 6) is 0.0413. The quantitative estimate of drug-likeness (QED) is 0.767. The molecule has 0 radical (unpaired) electrons. The number of alkyl halides is 3. The molecule has 1 aromatic heterocycles. The van der Waals surface area contributed by atoms with E-state index in [-0.39, 0.29) is 23.3 Å². The van der Waals surface area contributed by atoms with Gasteiger partial charge in [-0.3, -0.25) is 0 Å². The summed E-state index contributed by atoms with van der Waals surface area (Å²) in [5.41, 5.74) is -0.116. The van der Waals surface area contributed by atoms with Crippen LogP contribution in [0, 0.1) is 6.92 Å². The van der Waals surface area contributed by atoms with E-state index in [1.54, 1.807) is 12.1 Å². The van der Waals surface area contributed by atoms with Crippen molar-refractivity contribution >= 4 is 5.82 Å². The van der Waals surface area contributed by atoms with E-state index in [4.69, 9.17) is 0 Å². The highest BCUT2D eigenvalue weighted by atomic mass is 19.4. The Bertz CT molecular complexity index is 755. The van der Waals surface area contributed by atoms with Gasteiger partial charge in [0.05, 0.1) is 17.4 Å². The van der Waals surface area contributed by atoms with Crippen LogP contribution in [-0.4, -0.2) is 32.6 Å². The number of hydrogen-bond donors (Lipinski definition) is 3. The van der Waals surface area contributed by atoms with E-state index in [0.29, 0.717) is 24.0 Å². The van der Waals surface area contributed by atoms with Gasteiger partial charge in [-0.05, 0) is 62.4 Å². The van der Waals surface area contributed by atoms with Crippen LogP contribution in [0.5, 0.6) is 5.75 Å². The van der Waals surface area contributed by atoms with Crippen molar-refractivity contribution in [3.8, 4) is 17.0 Å². The van der Waals surface area contributed by atoms with Crippen molar-refractivity contribution in [3.05, 3.63) is 35.4 Å². The first-order valence-corrected chi connectivity index (χ1v) is 8.43. The smallest absolute Gasteiger partial charge is 0.416 e. The first kappa shape index (κ1) is 18.4. The number of rotatable bonds is 3. The lowest BCUT2D eigenvalue weighted by molar-refractivity contribution is -0.137. The molecule has 1 aliphatic rings. The maximum absolute atomic E-state index is 12.8. The molecule has 2 atom stereocenters. The van der Waals surface area contributed by atoms with Crippen LogP contribution in [-0.2, 0) is 6.18 Å². The number of nitrogens with one attached hydrogen (secondary N) is 1. The molecule has 140 valence electrons. The molecule has 1 fully saturated rings. The Morgan fingerprint density at radius 3 is 2.50 bits per heavy atom. The average Bonchev–Trinajstić information content (AvgIpc) is 2.55. The summed E-state index contributed by atoms with van der Waals surface area (Å²) in [6.07, 6.45) is -1.54. The van der Waals surface area contributed by atoms with Gasteiger partial charge in [0.15, 0.2) is 0 Å². The molecule has 8 heteroatoms. The normalized spacial score (nSPS) is 20.8. The molecule has 26 heavy (non-hydrogen) atoms. The number of hydrogen-bond acceptors (Lipinski definition) is 5. The first-order valence-electron chi connectivity index (χ1n) is 8.43. The molecule has 1 heterocycles. The fourth-order valence-electron chi connectivity index (χ4n) is 3.31. The summed E-state index contributed by atoms with van der Waals surface area (Å²) in [7, 11) is 0. The minimum Gasteiger partial charge on any atom is -0.507 e. The molecule has 0 spiro atoms. The molecule has 1 saturated carbocycles. The molecule has 0 amide bonds. The Labute approximate surface area is 148 Å². The molecule has 0 aliphatic heterocycles. The predicted molar refractivity (Wildman–Crippen MR) is 90.8 cm³/mol. The summed E-state index contributed by atoms with van der Waals surface area (Å²) >= 11 is 0. The van der Waals surface area contributed by atoms with Gasteiger partial charge < -0.3 is 15.5 Å². The highest BCUT2D eigenvalue weighted by Crippen LogP contribution is 2.38. The third-order valence-electron chi connectivity index (χ3n) is 4.56. The molecule has 3 N–H and O–H groups in total. The molecule has 1 aliphatic carbocycles. The van der Waals surface area contributed by atoms with Crippen LogP contribution in [0.2, 0.25) is 0 Å². The van der Waals surface area contributed by atoms with Crippen molar-refractivity contribution in [1.29, 1.82) is 0 Å².